The van der Waals surface area contributed by atoms with E-state index in [1.54, 1.807) is 9.36 Å². The Morgan fingerprint density at radius 1 is 0.714 bits per heavy atom. The summed E-state index contributed by atoms with van der Waals surface area (Å²) in [5.74, 6) is -0.720. The smallest absolute Gasteiger partial charge is 0.304 e. The first kappa shape index (κ1) is 35.4. The van der Waals surface area contributed by atoms with Crippen molar-refractivity contribution in [1.82, 2.24) is 30.2 Å². The normalized spacial score (nSPS) is 13.3. The van der Waals surface area contributed by atoms with E-state index in [1.165, 1.54) is 12.1 Å². The molecule has 2 aliphatic carbocycles. The molecule has 0 radical (unpaired) electrons. The van der Waals surface area contributed by atoms with Crippen LogP contribution in [0.25, 0.3) is 21.1 Å². The number of nitrogens with one attached hydrogen (secondary N) is 2. The van der Waals surface area contributed by atoms with Crippen LogP contribution in [0.5, 0.6) is 0 Å². The van der Waals surface area contributed by atoms with E-state index in [2.05, 4.69) is 34.7 Å². The van der Waals surface area contributed by atoms with Crippen molar-refractivity contribution in [3.05, 3.63) is 45.8 Å². The quantitative estimate of drug-likeness (QED) is 0.0789. The molecule has 0 saturated heterocycles. The third-order valence-corrected chi connectivity index (χ3v) is 13.6. The zero-order valence-corrected chi connectivity index (χ0v) is 30.4. The van der Waals surface area contributed by atoms with Gasteiger partial charge in [-0.2, -0.15) is 27.0 Å². The van der Waals surface area contributed by atoms with Crippen molar-refractivity contribution in [2.45, 2.75) is 93.1 Å². The van der Waals surface area contributed by atoms with Gasteiger partial charge in [0.2, 0.25) is 0 Å². The van der Waals surface area contributed by atoms with Gasteiger partial charge in [-0.25, -0.2) is 0 Å². The van der Waals surface area contributed by atoms with Crippen molar-refractivity contribution < 1.29 is 35.5 Å². The van der Waals surface area contributed by atoms with Gasteiger partial charge in [0.05, 0.1) is 21.1 Å². The molecule has 0 bridgehead atoms. The molecule has 4 aromatic rings. The molecule has 49 heavy (non-hydrogen) atoms. The van der Waals surface area contributed by atoms with E-state index >= 15 is 0 Å². The van der Waals surface area contributed by atoms with Gasteiger partial charge in [-0.3, -0.25) is 28.1 Å². The molecule has 4 heterocycles. The lowest BCUT2D eigenvalue weighted by Gasteiger charge is -2.07. The van der Waals surface area contributed by atoms with Gasteiger partial charge in [-0.15, -0.1) is 22.7 Å². The molecule has 18 heteroatoms. The van der Waals surface area contributed by atoms with Crippen LogP contribution in [0.1, 0.15) is 102 Å². The number of carbonyl (C=O) groups excluding carboxylic acids is 2. The first-order valence-electron chi connectivity index (χ1n) is 16.3. The van der Waals surface area contributed by atoms with Crippen molar-refractivity contribution in [2.75, 3.05) is 13.1 Å². The molecule has 4 N–H and O–H groups in total. The van der Waals surface area contributed by atoms with Crippen LogP contribution in [0.4, 0.5) is 0 Å². The molecule has 0 fully saturated rings. The minimum Gasteiger partial charge on any atom is -0.351 e. The summed E-state index contributed by atoms with van der Waals surface area (Å²) in [5.41, 5.74) is 4.92. The Morgan fingerprint density at radius 2 is 1.12 bits per heavy atom. The zero-order valence-electron chi connectivity index (χ0n) is 27.1. The predicted molar refractivity (Wildman–Crippen MR) is 185 cm³/mol. The Bertz CT molecular complexity index is 1990. The van der Waals surface area contributed by atoms with Gasteiger partial charge in [0.15, 0.2) is 11.4 Å². The number of hydrogen-bond acceptors (Lipinski definition) is 10. The maximum atomic E-state index is 13.3. The van der Waals surface area contributed by atoms with E-state index in [4.69, 9.17) is 0 Å². The number of rotatable bonds is 16. The molecule has 4 aromatic heterocycles. The number of hydrogen-bond donors (Lipinski definition) is 4. The van der Waals surface area contributed by atoms with E-state index in [0.29, 0.717) is 53.5 Å². The fourth-order valence-corrected chi connectivity index (χ4v) is 10.2. The van der Waals surface area contributed by atoms with E-state index in [1.807, 2.05) is 0 Å². The van der Waals surface area contributed by atoms with Crippen molar-refractivity contribution >= 4 is 54.7 Å². The SMILES string of the molecule is CCCCCn1nc(C(=O)NCCCNC(=O)c2nn(CCCCC)c3c2Cc2cc(S(=O)(=O)O)sc2-3)c2c1-c1sc(S(=O)(=O)O)cc1C2. The minimum absolute atomic E-state index is 0.131. The Morgan fingerprint density at radius 3 is 1.49 bits per heavy atom. The number of aromatic nitrogens is 4. The number of fused-ring (bicyclic) bond motifs is 6. The van der Waals surface area contributed by atoms with Gasteiger partial charge >= 0.3 is 20.2 Å². The third kappa shape index (κ3) is 7.12. The maximum Gasteiger partial charge on any atom is 0.304 e. The largest absolute Gasteiger partial charge is 0.351 e. The lowest BCUT2D eigenvalue weighted by Crippen LogP contribution is -2.31. The molecule has 6 rings (SSSR count). The molecule has 0 aliphatic heterocycles. The van der Waals surface area contributed by atoms with Gasteiger partial charge in [0, 0.05) is 50.1 Å². The lowest BCUT2D eigenvalue weighted by molar-refractivity contribution is 0.0944. The molecule has 2 amide bonds. The van der Waals surface area contributed by atoms with Crippen LogP contribution in [0.15, 0.2) is 20.6 Å². The fraction of sp³-hybridized carbons (Fsp3) is 0.484. The monoisotopic (exact) mass is 750 g/mol. The fourth-order valence-electron chi connectivity index (χ4n) is 6.32. The summed E-state index contributed by atoms with van der Waals surface area (Å²) in [6.07, 6.45) is 6.75. The van der Waals surface area contributed by atoms with Crippen LogP contribution in [-0.4, -0.2) is 70.4 Å². The van der Waals surface area contributed by atoms with Gasteiger partial charge in [0.25, 0.3) is 11.8 Å². The van der Waals surface area contributed by atoms with Crippen molar-refractivity contribution in [1.29, 1.82) is 0 Å². The number of aryl methyl sites for hydroxylation is 2. The second kappa shape index (κ2) is 14.1. The highest BCUT2D eigenvalue weighted by molar-refractivity contribution is 7.88. The van der Waals surface area contributed by atoms with Crippen LogP contribution in [0, 0.1) is 0 Å². The van der Waals surface area contributed by atoms with Crippen LogP contribution < -0.4 is 10.6 Å². The summed E-state index contributed by atoms with van der Waals surface area (Å²) in [6.45, 7) is 5.85. The first-order chi connectivity index (χ1) is 23.3. The highest BCUT2D eigenvalue weighted by Gasteiger charge is 2.35. The molecular formula is C31H38N6O8S4. The van der Waals surface area contributed by atoms with Crippen LogP contribution in [0.3, 0.4) is 0 Å². The number of carbonyl (C=O) groups is 2. The standard InChI is InChI=1S/C31H38N6O8S4/c1-3-5-7-12-36-26-20(14-18-16-22(46-28(18)26)48(40,41)42)24(34-36)30(38)32-10-9-11-33-31(39)25-21-15-19-17-23(49(43,44)45)47-29(19)27(21)37(35-25)13-8-6-4-2/h16-17H,3-15H2,1-2H3,(H,32,38)(H,33,39)(H,40,41,42)(H,43,44,45). The van der Waals surface area contributed by atoms with Gasteiger partial charge in [0.1, 0.15) is 8.42 Å². The maximum absolute atomic E-state index is 13.3. The highest BCUT2D eigenvalue weighted by Crippen LogP contribution is 2.46. The summed E-state index contributed by atoms with van der Waals surface area (Å²) in [6, 6.07) is 2.91. The molecule has 2 aliphatic rings. The predicted octanol–water partition coefficient (Wildman–Crippen LogP) is 4.77. The Kier molecular flexibility index (Phi) is 10.2. The first-order valence-corrected chi connectivity index (χ1v) is 20.8. The molecule has 0 unspecified atom stereocenters. The van der Waals surface area contributed by atoms with E-state index in [-0.39, 0.29) is 44.7 Å². The van der Waals surface area contributed by atoms with Gasteiger partial charge in [-0.05, 0) is 42.5 Å². The Labute approximate surface area is 292 Å². The second-order valence-electron chi connectivity index (χ2n) is 12.2. The van der Waals surface area contributed by atoms with Gasteiger partial charge < -0.3 is 10.6 Å². The number of thiophene rings is 2. The van der Waals surface area contributed by atoms with Crippen LogP contribution in [-0.2, 0) is 46.2 Å². The molecule has 0 aromatic carbocycles. The minimum atomic E-state index is -4.34. The van der Waals surface area contributed by atoms with Crippen molar-refractivity contribution in [3.8, 4) is 21.1 Å². The topological polar surface area (TPSA) is 203 Å². The summed E-state index contributed by atoms with van der Waals surface area (Å²) in [5, 5.41) is 15.0. The van der Waals surface area contributed by atoms with E-state index in [0.717, 1.165) is 83.5 Å². The third-order valence-electron chi connectivity index (χ3n) is 8.65. The lowest BCUT2D eigenvalue weighted by atomic mass is 10.1. The molecule has 14 nitrogen and oxygen atoms in total. The summed E-state index contributed by atoms with van der Waals surface area (Å²) in [7, 11) is -8.69. The van der Waals surface area contributed by atoms with Crippen molar-refractivity contribution in [3.63, 3.8) is 0 Å². The van der Waals surface area contributed by atoms with E-state index in [9.17, 15) is 35.5 Å². The van der Waals surface area contributed by atoms with E-state index < -0.39 is 20.2 Å². The average Bonchev–Trinajstić information content (AvgIpc) is 3.84. The summed E-state index contributed by atoms with van der Waals surface area (Å²) >= 11 is 1.95. The van der Waals surface area contributed by atoms with Crippen molar-refractivity contribution in [2.24, 2.45) is 0 Å². The average molecular weight is 751 g/mol. The molecule has 0 spiro atoms. The Hall–Kier alpha value is -3.42. The molecule has 0 atom stereocenters. The van der Waals surface area contributed by atoms with Crippen LogP contribution in [0.2, 0.25) is 0 Å². The number of unbranched alkanes of at least 4 members (excludes halogenated alkanes) is 4. The number of nitrogens with zero attached hydrogens (tertiary/aromatic N) is 4. The molecule has 264 valence electrons. The Balaban J connectivity index is 1.10. The number of amides is 2. The zero-order chi connectivity index (χ0) is 35.1. The highest BCUT2D eigenvalue weighted by atomic mass is 32.3. The summed E-state index contributed by atoms with van der Waals surface area (Å²) in [4.78, 5) is 28.0. The van der Waals surface area contributed by atoms with Crippen LogP contribution >= 0.6 is 22.7 Å². The molecular weight excluding hydrogens is 713 g/mol. The molecule has 0 saturated carbocycles. The summed E-state index contributed by atoms with van der Waals surface area (Å²) < 4.78 is 69.4. The van der Waals surface area contributed by atoms with Gasteiger partial charge in [-0.1, -0.05) is 39.5 Å². The second-order valence-corrected chi connectivity index (χ2v) is 17.6.